The van der Waals surface area contributed by atoms with Crippen LogP contribution in [-0.4, -0.2) is 15.4 Å². The molecule has 0 fully saturated rings. The Morgan fingerprint density at radius 2 is 1.71 bits per heavy atom. The fourth-order valence-electron chi connectivity index (χ4n) is 2.05. The molecule has 2 aromatic carbocycles. The van der Waals surface area contributed by atoms with E-state index in [2.05, 4.69) is 5.16 Å². The van der Waals surface area contributed by atoms with Crippen LogP contribution in [0.15, 0.2) is 59.1 Å². The largest absolute Gasteiger partial charge is 0.364 e. The highest BCUT2D eigenvalue weighted by Gasteiger charge is 2.11. The van der Waals surface area contributed by atoms with Crippen molar-refractivity contribution < 1.29 is 19.1 Å². The molecule has 2 N–H and O–H groups in total. The van der Waals surface area contributed by atoms with Crippen molar-refractivity contribution in [2.75, 3.05) is 0 Å². The zero-order valence-corrected chi connectivity index (χ0v) is 10.9. The van der Waals surface area contributed by atoms with Crippen LogP contribution in [0.2, 0.25) is 0 Å². The van der Waals surface area contributed by atoms with E-state index in [4.69, 9.17) is 4.52 Å². The third kappa shape index (κ3) is 2.84. The Kier molecular flexibility index (Phi) is 3.51. The first kappa shape index (κ1) is 13.5. The van der Waals surface area contributed by atoms with E-state index < -0.39 is 6.29 Å². The van der Waals surface area contributed by atoms with Crippen LogP contribution in [0.4, 0.5) is 4.39 Å². The van der Waals surface area contributed by atoms with Gasteiger partial charge in [-0.3, -0.25) is 0 Å². The molecule has 0 radical (unpaired) electrons. The molecule has 1 aromatic heterocycles. The van der Waals surface area contributed by atoms with Crippen molar-refractivity contribution in [2.45, 2.75) is 6.29 Å². The average Bonchev–Trinajstić information content (AvgIpc) is 2.97. The number of halogens is 1. The molecule has 106 valence electrons. The molecule has 0 saturated heterocycles. The summed E-state index contributed by atoms with van der Waals surface area (Å²) in [6.07, 6.45) is -1.55. The van der Waals surface area contributed by atoms with Crippen molar-refractivity contribution >= 4 is 0 Å². The van der Waals surface area contributed by atoms with Crippen molar-refractivity contribution in [1.29, 1.82) is 0 Å². The Hall–Kier alpha value is -2.50. The van der Waals surface area contributed by atoms with Crippen molar-refractivity contribution in [1.82, 2.24) is 5.16 Å². The summed E-state index contributed by atoms with van der Waals surface area (Å²) in [6, 6.07) is 14.4. The standard InChI is InChI=1S/C16H12FNO3/c17-13-6-2-3-10(8-13)14-9-15(21-18-14)11-4-1-5-12(7-11)16(19)20/h1-9,16,19-20H. The van der Waals surface area contributed by atoms with Crippen LogP contribution in [-0.2, 0) is 0 Å². The van der Waals surface area contributed by atoms with Gasteiger partial charge in [-0.1, -0.05) is 35.5 Å². The zero-order valence-electron chi connectivity index (χ0n) is 10.9. The maximum atomic E-state index is 13.2. The van der Waals surface area contributed by atoms with Gasteiger partial charge in [0, 0.05) is 22.8 Å². The highest BCUT2D eigenvalue weighted by atomic mass is 19.1. The van der Waals surface area contributed by atoms with E-state index in [9.17, 15) is 14.6 Å². The van der Waals surface area contributed by atoms with Gasteiger partial charge in [0.05, 0.1) is 0 Å². The number of aliphatic hydroxyl groups excluding tert-OH is 1. The second-order valence-electron chi connectivity index (χ2n) is 4.59. The SMILES string of the molecule is OC(O)c1cccc(-c2cc(-c3cccc(F)c3)no2)c1. The third-order valence-corrected chi connectivity index (χ3v) is 3.10. The number of hydrogen-bond donors (Lipinski definition) is 2. The molecule has 0 aliphatic carbocycles. The molecule has 4 nitrogen and oxygen atoms in total. The molecule has 0 bridgehead atoms. The van der Waals surface area contributed by atoms with Gasteiger partial charge >= 0.3 is 0 Å². The number of aromatic nitrogens is 1. The summed E-state index contributed by atoms with van der Waals surface area (Å²) < 4.78 is 18.5. The van der Waals surface area contributed by atoms with Crippen LogP contribution >= 0.6 is 0 Å². The Bertz CT molecular complexity index is 767. The average molecular weight is 285 g/mol. The molecule has 3 rings (SSSR count). The van der Waals surface area contributed by atoms with Gasteiger partial charge in [-0.25, -0.2) is 4.39 Å². The molecule has 0 saturated carbocycles. The van der Waals surface area contributed by atoms with Crippen LogP contribution in [0.1, 0.15) is 11.9 Å². The lowest BCUT2D eigenvalue weighted by atomic mass is 10.1. The minimum Gasteiger partial charge on any atom is -0.364 e. The first-order chi connectivity index (χ1) is 10.1. The highest BCUT2D eigenvalue weighted by Crippen LogP contribution is 2.27. The second kappa shape index (κ2) is 5.47. The number of hydrogen-bond acceptors (Lipinski definition) is 4. The molecule has 0 amide bonds. The molecule has 0 spiro atoms. The van der Waals surface area contributed by atoms with Gasteiger partial charge in [-0.05, 0) is 18.2 Å². The van der Waals surface area contributed by atoms with E-state index in [0.717, 1.165) is 0 Å². The van der Waals surface area contributed by atoms with E-state index in [1.807, 2.05) is 0 Å². The summed E-state index contributed by atoms with van der Waals surface area (Å²) >= 11 is 0. The third-order valence-electron chi connectivity index (χ3n) is 3.10. The van der Waals surface area contributed by atoms with Crippen LogP contribution in [0.3, 0.4) is 0 Å². The van der Waals surface area contributed by atoms with Gasteiger partial charge in [0.2, 0.25) is 0 Å². The van der Waals surface area contributed by atoms with Gasteiger partial charge in [-0.2, -0.15) is 0 Å². The van der Waals surface area contributed by atoms with Crippen molar-refractivity contribution in [2.24, 2.45) is 0 Å². The first-order valence-electron chi connectivity index (χ1n) is 6.32. The van der Waals surface area contributed by atoms with Crippen molar-refractivity contribution in [3.8, 4) is 22.6 Å². The first-order valence-corrected chi connectivity index (χ1v) is 6.32. The number of rotatable bonds is 3. The van der Waals surface area contributed by atoms with E-state index in [-0.39, 0.29) is 5.82 Å². The number of nitrogens with zero attached hydrogens (tertiary/aromatic N) is 1. The van der Waals surface area contributed by atoms with E-state index >= 15 is 0 Å². The lowest BCUT2D eigenvalue weighted by molar-refractivity contribution is -0.0424. The maximum Gasteiger partial charge on any atom is 0.178 e. The minimum absolute atomic E-state index is 0.345. The second-order valence-corrected chi connectivity index (χ2v) is 4.59. The monoisotopic (exact) mass is 285 g/mol. The topological polar surface area (TPSA) is 66.5 Å². The smallest absolute Gasteiger partial charge is 0.178 e. The van der Waals surface area contributed by atoms with Gasteiger partial charge in [0.25, 0.3) is 0 Å². The van der Waals surface area contributed by atoms with E-state index in [0.29, 0.717) is 28.1 Å². The van der Waals surface area contributed by atoms with Gasteiger partial charge in [-0.15, -0.1) is 0 Å². The van der Waals surface area contributed by atoms with Gasteiger partial charge in [0.15, 0.2) is 12.1 Å². The van der Waals surface area contributed by atoms with Crippen LogP contribution in [0.5, 0.6) is 0 Å². The summed E-state index contributed by atoms with van der Waals surface area (Å²) in [5.41, 5.74) is 2.15. The van der Waals surface area contributed by atoms with Crippen LogP contribution in [0, 0.1) is 5.82 Å². The van der Waals surface area contributed by atoms with Gasteiger partial charge < -0.3 is 14.7 Å². The molecular formula is C16H12FNO3. The summed E-state index contributed by atoms with van der Waals surface area (Å²) in [4.78, 5) is 0. The predicted octanol–water partition coefficient (Wildman–Crippen LogP) is 3.13. The summed E-state index contributed by atoms with van der Waals surface area (Å²) in [7, 11) is 0. The van der Waals surface area contributed by atoms with Crippen molar-refractivity contribution in [3.05, 3.63) is 66.0 Å². The molecule has 0 unspecified atom stereocenters. The van der Waals surface area contributed by atoms with E-state index in [1.165, 1.54) is 12.1 Å². The predicted molar refractivity (Wildman–Crippen MR) is 74.5 cm³/mol. The molecule has 1 heterocycles. The Morgan fingerprint density at radius 1 is 0.952 bits per heavy atom. The van der Waals surface area contributed by atoms with Crippen molar-refractivity contribution in [3.63, 3.8) is 0 Å². The number of benzene rings is 2. The normalized spacial score (nSPS) is 11.0. The number of aliphatic hydroxyl groups is 2. The summed E-state index contributed by atoms with van der Waals surface area (Å²) in [5, 5.41) is 22.3. The van der Waals surface area contributed by atoms with Crippen LogP contribution < -0.4 is 0 Å². The lowest BCUT2D eigenvalue weighted by Gasteiger charge is -2.04. The van der Waals surface area contributed by atoms with E-state index in [1.54, 1.807) is 42.5 Å². The molecule has 0 aliphatic rings. The fraction of sp³-hybridized carbons (Fsp3) is 0.0625. The Labute approximate surface area is 120 Å². The highest BCUT2D eigenvalue weighted by molar-refractivity contribution is 5.67. The van der Waals surface area contributed by atoms with Crippen LogP contribution in [0.25, 0.3) is 22.6 Å². The zero-order chi connectivity index (χ0) is 14.8. The molecule has 3 aromatic rings. The minimum atomic E-state index is -1.55. The molecular weight excluding hydrogens is 273 g/mol. The molecule has 21 heavy (non-hydrogen) atoms. The molecule has 0 aliphatic heterocycles. The quantitative estimate of drug-likeness (QED) is 0.725. The summed E-state index contributed by atoms with van der Waals surface area (Å²) in [6.45, 7) is 0. The Morgan fingerprint density at radius 3 is 2.48 bits per heavy atom. The molecule has 5 heteroatoms. The van der Waals surface area contributed by atoms with Gasteiger partial charge in [0.1, 0.15) is 11.5 Å². The lowest BCUT2D eigenvalue weighted by Crippen LogP contribution is -1.94. The maximum absolute atomic E-state index is 13.2. The Balaban J connectivity index is 1.97. The summed E-state index contributed by atoms with van der Waals surface area (Å²) in [5.74, 6) is 0.124. The fourth-order valence-corrected chi connectivity index (χ4v) is 2.05. The molecule has 0 atom stereocenters.